The molecule has 0 spiro atoms. The molecule has 2 aliphatic rings. The van der Waals surface area contributed by atoms with Gasteiger partial charge in [-0.15, -0.1) is 0 Å². The molecule has 0 aromatic carbocycles. The Bertz CT molecular complexity index is 271. The summed E-state index contributed by atoms with van der Waals surface area (Å²) in [6, 6.07) is 0. The molecule has 1 aliphatic heterocycles. The zero-order chi connectivity index (χ0) is 10.8. The van der Waals surface area contributed by atoms with Gasteiger partial charge in [0.2, 0.25) is 5.91 Å². The molecule has 2 rings (SSSR count). The Kier molecular flexibility index (Phi) is 2.93. The zero-order valence-corrected chi connectivity index (χ0v) is 8.82. The molecule has 2 fully saturated rings. The van der Waals surface area contributed by atoms with Crippen molar-refractivity contribution in [2.24, 2.45) is 11.8 Å². The Morgan fingerprint density at radius 3 is 2.20 bits per heavy atom. The van der Waals surface area contributed by atoms with Gasteiger partial charge in [0.25, 0.3) is 0 Å². The van der Waals surface area contributed by atoms with E-state index in [0.717, 1.165) is 32.4 Å². The number of hydrogen-bond acceptors (Lipinski definition) is 2. The van der Waals surface area contributed by atoms with Crippen molar-refractivity contribution in [3.05, 3.63) is 0 Å². The molecule has 1 heterocycles. The van der Waals surface area contributed by atoms with Crippen LogP contribution in [0, 0.1) is 11.8 Å². The predicted octanol–water partition coefficient (Wildman–Crippen LogP) is 1.11. The quantitative estimate of drug-likeness (QED) is 0.744. The van der Waals surface area contributed by atoms with Crippen molar-refractivity contribution in [3.63, 3.8) is 0 Å². The molecular formula is C11H17NO3. The number of hydrogen-bond donors (Lipinski definition) is 1. The smallest absolute Gasteiger partial charge is 0.306 e. The molecule has 1 saturated heterocycles. The first-order chi connectivity index (χ1) is 7.18. The molecule has 0 aromatic heterocycles. The summed E-state index contributed by atoms with van der Waals surface area (Å²) in [5, 5.41) is 8.85. The van der Waals surface area contributed by atoms with E-state index in [0.29, 0.717) is 12.8 Å². The SMILES string of the molecule is O=C(O)C1CCC(C(=O)N2CCCC2)C1. The van der Waals surface area contributed by atoms with E-state index in [4.69, 9.17) is 5.11 Å². The molecule has 2 unspecified atom stereocenters. The second-order valence-electron chi connectivity index (χ2n) is 4.58. The number of nitrogens with zero attached hydrogens (tertiary/aromatic N) is 1. The van der Waals surface area contributed by atoms with Crippen molar-refractivity contribution >= 4 is 11.9 Å². The minimum Gasteiger partial charge on any atom is -0.481 e. The van der Waals surface area contributed by atoms with Gasteiger partial charge in [0, 0.05) is 19.0 Å². The van der Waals surface area contributed by atoms with E-state index >= 15 is 0 Å². The summed E-state index contributed by atoms with van der Waals surface area (Å²) in [7, 11) is 0. The summed E-state index contributed by atoms with van der Waals surface area (Å²) in [4.78, 5) is 24.6. The summed E-state index contributed by atoms with van der Waals surface area (Å²) < 4.78 is 0. The maximum Gasteiger partial charge on any atom is 0.306 e. The lowest BCUT2D eigenvalue weighted by molar-refractivity contribution is -0.141. The Labute approximate surface area is 89.3 Å². The fourth-order valence-corrected chi connectivity index (χ4v) is 2.63. The highest BCUT2D eigenvalue weighted by Gasteiger charge is 2.36. The summed E-state index contributed by atoms with van der Waals surface area (Å²) in [6.45, 7) is 1.74. The van der Waals surface area contributed by atoms with Gasteiger partial charge in [0.1, 0.15) is 0 Å². The van der Waals surface area contributed by atoms with Crippen LogP contribution in [0.4, 0.5) is 0 Å². The van der Waals surface area contributed by atoms with Gasteiger partial charge in [0.05, 0.1) is 5.92 Å². The normalized spacial score (nSPS) is 30.8. The molecule has 2 atom stereocenters. The van der Waals surface area contributed by atoms with Crippen LogP contribution >= 0.6 is 0 Å². The molecule has 0 aromatic rings. The van der Waals surface area contributed by atoms with E-state index in [9.17, 15) is 9.59 Å². The highest BCUT2D eigenvalue weighted by Crippen LogP contribution is 2.32. The minimum absolute atomic E-state index is 0.0239. The number of likely N-dealkylation sites (tertiary alicyclic amines) is 1. The van der Waals surface area contributed by atoms with Gasteiger partial charge in [-0.1, -0.05) is 0 Å². The Balaban J connectivity index is 1.89. The topological polar surface area (TPSA) is 57.6 Å². The number of aliphatic carboxylic acids is 1. The first-order valence-electron chi connectivity index (χ1n) is 5.70. The van der Waals surface area contributed by atoms with Gasteiger partial charge < -0.3 is 10.0 Å². The standard InChI is InChI=1S/C11H17NO3/c13-10(12-5-1-2-6-12)8-3-4-9(7-8)11(14)15/h8-9H,1-7H2,(H,14,15). The third-order valence-electron chi connectivity index (χ3n) is 3.55. The average Bonchev–Trinajstić information content (AvgIpc) is 2.88. The lowest BCUT2D eigenvalue weighted by Gasteiger charge is -2.19. The Morgan fingerprint density at radius 1 is 1.07 bits per heavy atom. The molecule has 1 N–H and O–H groups in total. The first-order valence-corrected chi connectivity index (χ1v) is 5.70. The molecule has 0 bridgehead atoms. The average molecular weight is 211 g/mol. The highest BCUT2D eigenvalue weighted by atomic mass is 16.4. The zero-order valence-electron chi connectivity index (χ0n) is 8.82. The van der Waals surface area contributed by atoms with Crippen LogP contribution in [0.1, 0.15) is 32.1 Å². The monoisotopic (exact) mass is 211 g/mol. The van der Waals surface area contributed by atoms with Crippen LogP contribution in [-0.2, 0) is 9.59 Å². The van der Waals surface area contributed by atoms with E-state index in [-0.39, 0.29) is 17.7 Å². The minimum atomic E-state index is -0.744. The number of carboxylic acid groups (broad SMARTS) is 1. The fourth-order valence-electron chi connectivity index (χ4n) is 2.63. The van der Waals surface area contributed by atoms with Gasteiger partial charge in [-0.2, -0.15) is 0 Å². The van der Waals surface area contributed by atoms with E-state index < -0.39 is 5.97 Å². The van der Waals surface area contributed by atoms with E-state index in [1.165, 1.54) is 0 Å². The molecule has 4 heteroatoms. The van der Waals surface area contributed by atoms with Crippen LogP contribution in [0.5, 0.6) is 0 Å². The van der Waals surface area contributed by atoms with Gasteiger partial charge >= 0.3 is 5.97 Å². The van der Waals surface area contributed by atoms with Crippen molar-refractivity contribution in [2.45, 2.75) is 32.1 Å². The maximum atomic E-state index is 11.9. The lowest BCUT2D eigenvalue weighted by atomic mass is 10.0. The molecule has 4 nitrogen and oxygen atoms in total. The number of carboxylic acids is 1. The molecule has 0 radical (unpaired) electrons. The first kappa shape index (κ1) is 10.5. The van der Waals surface area contributed by atoms with Crippen LogP contribution in [-0.4, -0.2) is 35.0 Å². The van der Waals surface area contributed by atoms with E-state index in [1.54, 1.807) is 0 Å². The van der Waals surface area contributed by atoms with Crippen LogP contribution in [0.2, 0.25) is 0 Å². The molecule has 15 heavy (non-hydrogen) atoms. The Hall–Kier alpha value is -1.06. The predicted molar refractivity (Wildman–Crippen MR) is 54.3 cm³/mol. The van der Waals surface area contributed by atoms with E-state index in [1.807, 2.05) is 4.90 Å². The van der Waals surface area contributed by atoms with Crippen molar-refractivity contribution in [1.29, 1.82) is 0 Å². The third kappa shape index (κ3) is 2.13. The van der Waals surface area contributed by atoms with Gasteiger partial charge in [0.15, 0.2) is 0 Å². The van der Waals surface area contributed by atoms with Crippen molar-refractivity contribution in [2.75, 3.05) is 13.1 Å². The second-order valence-corrected chi connectivity index (χ2v) is 4.58. The number of carbonyl (C=O) groups excluding carboxylic acids is 1. The third-order valence-corrected chi connectivity index (χ3v) is 3.55. The van der Waals surface area contributed by atoms with Gasteiger partial charge in [-0.25, -0.2) is 0 Å². The van der Waals surface area contributed by atoms with E-state index in [2.05, 4.69) is 0 Å². The van der Waals surface area contributed by atoms with Crippen molar-refractivity contribution < 1.29 is 14.7 Å². The molecular weight excluding hydrogens is 194 g/mol. The summed E-state index contributed by atoms with van der Waals surface area (Å²) in [6.07, 6.45) is 4.16. The molecule has 1 amide bonds. The van der Waals surface area contributed by atoms with Crippen LogP contribution in [0.15, 0.2) is 0 Å². The van der Waals surface area contributed by atoms with Gasteiger partial charge in [-0.3, -0.25) is 9.59 Å². The number of rotatable bonds is 2. The largest absolute Gasteiger partial charge is 0.481 e. The number of amides is 1. The number of carbonyl (C=O) groups is 2. The molecule has 1 saturated carbocycles. The molecule has 1 aliphatic carbocycles. The summed E-state index contributed by atoms with van der Waals surface area (Å²) in [5.41, 5.74) is 0. The van der Waals surface area contributed by atoms with Crippen molar-refractivity contribution in [3.8, 4) is 0 Å². The van der Waals surface area contributed by atoms with Crippen LogP contribution in [0.25, 0.3) is 0 Å². The maximum absolute atomic E-state index is 11.9. The molecule has 84 valence electrons. The summed E-state index contributed by atoms with van der Waals surface area (Å²) >= 11 is 0. The fraction of sp³-hybridized carbons (Fsp3) is 0.818. The summed E-state index contributed by atoms with van der Waals surface area (Å²) in [5.74, 6) is -0.867. The highest BCUT2D eigenvalue weighted by molar-refractivity contribution is 5.81. The Morgan fingerprint density at radius 2 is 1.67 bits per heavy atom. The van der Waals surface area contributed by atoms with Crippen LogP contribution < -0.4 is 0 Å². The van der Waals surface area contributed by atoms with Gasteiger partial charge in [-0.05, 0) is 32.1 Å². The lowest BCUT2D eigenvalue weighted by Crippen LogP contribution is -2.33. The second kappa shape index (κ2) is 4.21. The van der Waals surface area contributed by atoms with Crippen molar-refractivity contribution in [1.82, 2.24) is 4.90 Å². The van der Waals surface area contributed by atoms with Crippen LogP contribution in [0.3, 0.4) is 0 Å².